The average molecular weight is 473 g/mol. The quantitative estimate of drug-likeness (QED) is 0.377. The Balaban J connectivity index is 1.68. The molecule has 0 unspecified atom stereocenters. The van der Waals surface area contributed by atoms with E-state index in [1.807, 2.05) is 0 Å². The fraction of sp³-hybridized carbons (Fsp3) is 0.0952. The Morgan fingerprint density at radius 2 is 1.62 bits per heavy atom. The number of rotatable bonds is 9. The molecule has 5 N–H and O–H groups in total. The molecule has 166 valence electrons. The lowest BCUT2D eigenvalue weighted by Crippen LogP contribution is -2.28. The standard InChI is InChI=1S/C21H20N4O5S2/c22-18(26)11-12-23-21(28)16-4-1-2-5-17(16)24-20(27)14-7-9-15(10-8-14)25-32(29,30)19-6-3-13-31-19/h1-10,13,25H,11-12H2,(H2,22,26)(H,23,28)(H,24,27). The molecule has 0 radical (unpaired) electrons. The Morgan fingerprint density at radius 1 is 0.906 bits per heavy atom. The predicted molar refractivity (Wildman–Crippen MR) is 122 cm³/mol. The van der Waals surface area contributed by atoms with Crippen molar-refractivity contribution in [2.75, 3.05) is 16.6 Å². The Hall–Kier alpha value is -3.70. The molecule has 0 aliphatic heterocycles. The van der Waals surface area contributed by atoms with Crippen molar-refractivity contribution in [3.05, 3.63) is 77.2 Å². The van der Waals surface area contributed by atoms with Crippen LogP contribution in [0.5, 0.6) is 0 Å². The van der Waals surface area contributed by atoms with E-state index in [0.29, 0.717) is 5.69 Å². The summed E-state index contributed by atoms with van der Waals surface area (Å²) in [5.41, 5.74) is 6.16. The predicted octanol–water partition coefficient (Wildman–Crippen LogP) is 2.41. The van der Waals surface area contributed by atoms with Gasteiger partial charge in [-0.25, -0.2) is 8.42 Å². The molecule has 0 bridgehead atoms. The topological polar surface area (TPSA) is 147 Å². The summed E-state index contributed by atoms with van der Waals surface area (Å²) in [5, 5.41) is 6.90. The van der Waals surface area contributed by atoms with Crippen LogP contribution < -0.4 is 21.1 Å². The van der Waals surface area contributed by atoms with Crippen LogP contribution in [-0.2, 0) is 14.8 Å². The Kier molecular flexibility index (Phi) is 7.23. The van der Waals surface area contributed by atoms with E-state index < -0.39 is 27.7 Å². The van der Waals surface area contributed by atoms with Crippen molar-refractivity contribution in [1.82, 2.24) is 5.32 Å². The zero-order valence-electron chi connectivity index (χ0n) is 16.7. The first kappa shape index (κ1) is 23.0. The van der Waals surface area contributed by atoms with E-state index in [1.54, 1.807) is 29.6 Å². The molecule has 9 nitrogen and oxygen atoms in total. The fourth-order valence-electron chi connectivity index (χ4n) is 2.69. The molecule has 0 fully saturated rings. The van der Waals surface area contributed by atoms with E-state index in [0.717, 1.165) is 11.3 Å². The molecule has 3 amide bonds. The first-order valence-corrected chi connectivity index (χ1v) is 11.8. The molecule has 1 aromatic heterocycles. The van der Waals surface area contributed by atoms with Gasteiger partial charge in [-0.1, -0.05) is 18.2 Å². The molecular weight excluding hydrogens is 452 g/mol. The van der Waals surface area contributed by atoms with Crippen LogP contribution in [0.3, 0.4) is 0 Å². The number of benzene rings is 2. The highest BCUT2D eigenvalue weighted by atomic mass is 32.2. The number of sulfonamides is 1. The van der Waals surface area contributed by atoms with Crippen LogP contribution in [0.25, 0.3) is 0 Å². The van der Waals surface area contributed by atoms with Gasteiger partial charge in [0.05, 0.1) is 11.3 Å². The maximum atomic E-state index is 12.6. The van der Waals surface area contributed by atoms with Crippen LogP contribution in [0.1, 0.15) is 27.1 Å². The summed E-state index contributed by atoms with van der Waals surface area (Å²) in [4.78, 5) is 35.8. The maximum Gasteiger partial charge on any atom is 0.271 e. The molecule has 3 aromatic rings. The van der Waals surface area contributed by atoms with Crippen LogP contribution in [0.15, 0.2) is 70.3 Å². The number of para-hydroxylation sites is 1. The first-order chi connectivity index (χ1) is 15.3. The number of hydrogen-bond donors (Lipinski definition) is 4. The minimum Gasteiger partial charge on any atom is -0.370 e. The van der Waals surface area contributed by atoms with Crippen molar-refractivity contribution in [2.24, 2.45) is 5.73 Å². The van der Waals surface area contributed by atoms with Crippen LogP contribution in [0.4, 0.5) is 11.4 Å². The molecule has 32 heavy (non-hydrogen) atoms. The van der Waals surface area contributed by atoms with Gasteiger partial charge in [-0.3, -0.25) is 19.1 Å². The van der Waals surface area contributed by atoms with Gasteiger partial charge in [-0.2, -0.15) is 0 Å². The minimum atomic E-state index is -3.69. The minimum absolute atomic E-state index is 0.00283. The third-order valence-electron chi connectivity index (χ3n) is 4.24. The van der Waals surface area contributed by atoms with Crippen LogP contribution in [0.2, 0.25) is 0 Å². The third-order valence-corrected chi connectivity index (χ3v) is 7.01. The summed E-state index contributed by atoms with van der Waals surface area (Å²) in [6.45, 7) is 0.0826. The second-order valence-corrected chi connectivity index (χ2v) is 9.44. The summed E-state index contributed by atoms with van der Waals surface area (Å²) < 4.78 is 27.2. The van der Waals surface area contributed by atoms with E-state index in [2.05, 4.69) is 15.4 Å². The van der Waals surface area contributed by atoms with Gasteiger partial charge < -0.3 is 16.4 Å². The molecule has 0 saturated heterocycles. The van der Waals surface area contributed by atoms with Gasteiger partial charge in [-0.05, 0) is 47.8 Å². The molecule has 0 atom stereocenters. The number of carbonyl (C=O) groups is 3. The van der Waals surface area contributed by atoms with Crippen molar-refractivity contribution in [1.29, 1.82) is 0 Å². The highest BCUT2D eigenvalue weighted by molar-refractivity contribution is 7.94. The van der Waals surface area contributed by atoms with E-state index in [-0.39, 0.29) is 34.0 Å². The molecule has 2 aromatic carbocycles. The largest absolute Gasteiger partial charge is 0.370 e. The molecule has 0 aliphatic carbocycles. The summed E-state index contributed by atoms with van der Waals surface area (Å²) in [5.74, 6) is -1.47. The molecule has 3 rings (SSSR count). The van der Waals surface area contributed by atoms with Crippen LogP contribution in [-0.4, -0.2) is 32.7 Å². The number of nitrogens with two attached hydrogens (primary N) is 1. The SMILES string of the molecule is NC(=O)CCNC(=O)c1ccccc1NC(=O)c1ccc(NS(=O)(=O)c2cccs2)cc1. The van der Waals surface area contributed by atoms with Gasteiger partial charge in [0.25, 0.3) is 21.8 Å². The highest BCUT2D eigenvalue weighted by Crippen LogP contribution is 2.21. The number of thiophene rings is 1. The normalized spacial score (nSPS) is 10.9. The number of carbonyl (C=O) groups excluding carboxylic acids is 3. The van der Waals surface area contributed by atoms with Gasteiger partial charge in [0.2, 0.25) is 5.91 Å². The molecule has 0 saturated carbocycles. The Morgan fingerprint density at radius 3 is 2.28 bits per heavy atom. The monoisotopic (exact) mass is 472 g/mol. The highest BCUT2D eigenvalue weighted by Gasteiger charge is 2.17. The van der Waals surface area contributed by atoms with Gasteiger partial charge in [0, 0.05) is 24.2 Å². The lowest BCUT2D eigenvalue weighted by atomic mass is 10.1. The lowest BCUT2D eigenvalue weighted by Gasteiger charge is -2.12. The number of amides is 3. The molecule has 1 heterocycles. The van der Waals surface area contributed by atoms with Crippen molar-refractivity contribution in [3.8, 4) is 0 Å². The number of anilines is 2. The Bertz CT molecular complexity index is 1220. The van der Waals surface area contributed by atoms with E-state index in [4.69, 9.17) is 5.73 Å². The number of nitrogens with one attached hydrogen (secondary N) is 3. The van der Waals surface area contributed by atoms with Gasteiger partial charge in [-0.15, -0.1) is 11.3 Å². The second kappa shape index (κ2) is 10.1. The third kappa shape index (κ3) is 5.93. The smallest absolute Gasteiger partial charge is 0.271 e. The number of hydrogen-bond acceptors (Lipinski definition) is 6. The molecule has 0 spiro atoms. The van der Waals surface area contributed by atoms with Crippen molar-refractivity contribution < 1.29 is 22.8 Å². The van der Waals surface area contributed by atoms with Gasteiger partial charge in [0.1, 0.15) is 4.21 Å². The van der Waals surface area contributed by atoms with Crippen molar-refractivity contribution in [2.45, 2.75) is 10.6 Å². The number of primary amides is 1. The van der Waals surface area contributed by atoms with Gasteiger partial charge in [0.15, 0.2) is 0 Å². The van der Waals surface area contributed by atoms with Crippen LogP contribution >= 0.6 is 11.3 Å². The van der Waals surface area contributed by atoms with Crippen LogP contribution in [0, 0.1) is 0 Å². The Labute approximate surface area is 188 Å². The van der Waals surface area contributed by atoms with E-state index >= 15 is 0 Å². The second-order valence-electron chi connectivity index (χ2n) is 6.59. The lowest BCUT2D eigenvalue weighted by molar-refractivity contribution is -0.117. The van der Waals surface area contributed by atoms with E-state index in [1.165, 1.54) is 36.4 Å². The van der Waals surface area contributed by atoms with Crippen molar-refractivity contribution >= 4 is 50.5 Å². The summed E-state index contributed by atoms with van der Waals surface area (Å²) in [7, 11) is -3.69. The first-order valence-electron chi connectivity index (χ1n) is 9.39. The van der Waals surface area contributed by atoms with Gasteiger partial charge >= 0.3 is 0 Å². The van der Waals surface area contributed by atoms with Crippen molar-refractivity contribution in [3.63, 3.8) is 0 Å². The zero-order chi connectivity index (χ0) is 23.1. The maximum absolute atomic E-state index is 12.6. The summed E-state index contributed by atoms with van der Waals surface area (Å²) >= 11 is 1.10. The average Bonchev–Trinajstić information content (AvgIpc) is 3.30. The fourth-order valence-corrected chi connectivity index (χ4v) is 4.74. The summed E-state index contributed by atoms with van der Waals surface area (Å²) in [6.07, 6.45) is 0.00283. The molecule has 11 heteroatoms. The molecular formula is C21H20N4O5S2. The van der Waals surface area contributed by atoms with E-state index in [9.17, 15) is 22.8 Å². The zero-order valence-corrected chi connectivity index (χ0v) is 18.3. The summed E-state index contributed by atoms with van der Waals surface area (Å²) in [6, 6.07) is 15.5. The molecule has 0 aliphatic rings.